The maximum atomic E-state index is 9.68. The predicted octanol–water partition coefficient (Wildman–Crippen LogP) is 2.41. The Morgan fingerprint density at radius 2 is 1.87 bits per heavy atom. The van der Waals surface area contributed by atoms with Crippen LogP contribution in [0.15, 0.2) is 24.3 Å². The third-order valence-corrected chi connectivity index (χ3v) is 2.65. The van der Waals surface area contributed by atoms with E-state index in [-0.39, 0.29) is 5.88 Å². The van der Waals surface area contributed by atoms with Crippen molar-refractivity contribution in [1.82, 2.24) is 9.78 Å². The molecule has 0 saturated heterocycles. The molecule has 1 aromatic heterocycles. The third-order valence-electron chi connectivity index (χ3n) is 2.65. The molecule has 15 heavy (non-hydrogen) atoms. The monoisotopic (exact) mass is 202 g/mol. The van der Waals surface area contributed by atoms with Crippen molar-refractivity contribution in [2.24, 2.45) is 7.05 Å². The molecule has 2 rings (SSSR count). The fourth-order valence-electron chi connectivity index (χ4n) is 1.72. The highest BCUT2D eigenvalue weighted by Crippen LogP contribution is 2.29. The van der Waals surface area contributed by atoms with E-state index in [2.05, 4.69) is 5.10 Å². The van der Waals surface area contributed by atoms with Crippen LogP contribution in [0.25, 0.3) is 11.3 Å². The lowest BCUT2D eigenvalue weighted by atomic mass is 10.0. The molecule has 2 aromatic rings. The number of aryl methyl sites for hydroxylation is 2. The van der Waals surface area contributed by atoms with Crippen molar-refractivity contribution >= 4 is 0 Å². The summed E-state index contributed by atoms with van der Waals surface area (Å²) in [7, 11) is 1.74. The van der Waals surface area contributed by atoms with Gasteiger partial charge in [-0.3, -0.25) is 0 Å². The maximum Gasteiger partial charge on any atom is 0.212 e. The summed E-state index contributed by atoms with van der Waals surface area (Å²) in [6.07, 6.45) is 0. The van der Waals surface area contributed by atoms with Crippen molar-refractivity contribution in [3.05, 3.63) is 35.4 Å². The fraction of sp³-hybridized carbons (Fsp3) is 0.250. The number of hydrogen-bond donors (Lipinski definition) is 1. The van der Waals surface area contributed by atoms with Gasteiger partial charge in [-0.1, -0.05) is 24.3 Å². The molecule has 0 amide bonds. The van der Waals surface area contributed by atoms with Crippen LogP contribution < -0.4 is 0 Å². The predicted molar refractivity (Wildman–Crippen MR) is 59.8 cm³/mol. The van der Waals surface area contributed by atoms with E-state index in [1.54, 1.807) is 7.05 Å². The second kappa shape index (κ2) is 3.42. The average molecular weight is 202 g/mol. The minimum Gasteiger partial charge on any atom is -0.493 e. The summed E-state index contributed by atoms with van der Waals surface area (Å²) in [5, 5.41) is 14.0. The molecule has 0 aliphatic rings. The quantitative estimate of drug-likeness (QED) is 0.771. The second-order valence-corrected chi connectivity index (χ2v) is 3.74. The highest BCUT2D eigenvalue weighted by Gasteiger charge is 2.13. The van der Waals surface area contributed by atoms with Crippen LogP contribution in [0.5, 0.6) is 5.88 Å². The molecule has 1 aromatic carbocycles. The van der Waals surface area contributed by atoms with Crippen LogP contribution in [0.2, 0.25) is 0 Å². The fourth-order valence-corrected chi connectivity index (χ4v) is 1.72. The molecule has 1 N–H and O–H groups in total. The van der Waals surface area contributed by atoms with Gasteiger partial charge in [0.2, 0.25) is 5.88 Å². The molecule has 0 spiro atoms. The molecular weight excluding hydrogens is 188 g/mol. The van der Waals surface area contributed by atoms with Crippen LogP contribution in [0.3, 0.4) is 0 Å². The summed E-state index contributed by atoms with van der Waals surface area (Å²) in [4.78, 5) is 0. The SMILES string of the molecule is Cc1ccccc1-c1nn(C)c(O)c1C. The van der Waals surface area contributed by atoms with E-state index in [9.17, 15) is 5.11 Å². The Morgan fingerprint density at radius 3 is 2.40 bits per heavy atom. The number of aromatic nitrogens is 2. The van der Waals surface area contributed by atoms with Gasteiger partial charge in [-0.2, -0.15) is 5.10 Å². The Hall–Kier alpha value is -1.77. The first kappa shape index (κ1) is 9.77. The van der Waals surface area contributed by atoms with Crippen molar-refractivity contribution in [3.8, 4) is 17.1 Å². The highest BCUT2D eigenvalue weighted by atomic mass is 16.3. The van der Waals surface area contributed by atoms with E-state index >= 15 is 0 Å². The van der Waals surface area contributed by atoms with Crippen molar-refractivity contribution in [3.63, 3.8) is 0 Å². The van der Waals surface area contributed by atoms with Crippen LogP contribution in [0.1, 0.15) is 11.1 Å². The van der Waals surface area contributed by atoms with Crippen molar-refractivity contribution in [2.75, 3.05) is 0 Å². The highest BCUT2D eigenvalue weighted by molar-refractivity contribution is 5.68. The average Bonchev–Trinajstić information content (AvgIpc) is 2.47. The Kier molecular flexibility index (Phi) is 2.23. The largest absolute Gasteiger partial charge is 0.493 e. The van der Waals surface area contributed by atoms with Gasteiger partial charge in [-0.15, -0.1) is 0 Å². The summed E-state index contributed by atoms with van der Waals surface area (Å²) < 4.78 is 1.50. The van der Waals surface area contributed by atoms with Crippen LogP contribution in [-0.4, -0.2) is 14.9 Å². The van der Waals surface area contributed by atoms with Gasteiger partial charge in [0.05, 0.1) is 5.69 Å². The molecule has 0 atom stereocenters. The molecular formula is C12H14N2O. The van der Waals surface area contributed by atoms with Gasteiger partial charge in [0.15, 0.2) is 0 Å². The van der Waals surface area contributed by atoms with E-state index in [0.29, 0.717) is 0 Å². The van der Waals surface area contributed by atoms with Crippen LogP contribution in [-0.2, 0) is 7.05 Å². The van der Waals surface area contributed by atoms with Crippen LogP contribution >= 0.6 is 0 Å². The summed E-state index contributed by atoms with van der Waals surface area (Å²) in [6, 6.07) is 8.04. The topological polar surface area (TPSA) is 38.0 Å². The molecule has 0 aliphatic heterocycles. The van der Waals surface area contributed by atoms with Gasteiger partial charge in [0.25, 0.3) is 0 Å². The van der Waals surface area contributed by atoms with Crippen LogP contribution in [0, 0.1) is 13.8 Å². The molecule has 3 nitrogen and oxygen atoms in total. The van der Waals surface area contributed by atoms with E-state index in [0.717, 1.165) is 16.8 Å². The lowest BCUT2D eigenvalue weighted by Gasteiger charge is -2.02. The number of aromatic hydroxyl groups is 1. The standard InChI is InChI=1S/C12H14N2O/c1-8-6-4-5-7-10(8)11-9(2)12(15)14(3)13-11/h4-7,15H,1-3H3. The molecule has 0 bridgehead atoms. The number of hydrogen-bond acceptors (Lipinski definition) is 2. The van der Waals surface area contributed by atoms with Gasteiger partial charge < -0.3 is 5.11 Å². The second-order valence-electron chi connectivity index (χ2n) is 3.74. The minimum atomic E-state index is 0.230. The van der Waals surface area contributed by atoms with Crippen molar-refractivity contribution in [2.45, 2.75) is 13.8 Å². The molecule has 0 unspecified atom stereocenters. The first-order valence-electron chi connectivity index (χ1n) is 4.90. The van der Waals surface area contributed by atoms with Gasteiger partial charge in [0, 0.05) is 18.2 Å². The molecule has 0 fully saturated rings. The summed E-state index contributed by atoms with van der Waals surface area (Å²) >= 11 is 0. The minimum absolute atomic E-state index is 0.230. The molecule has 3 heteroatoms. The van der Waals surface area contributed by atoms with Crippen LogP contribution in [0.4, 0.5) is 0 Å². The number of benzene rings is 1. The Bertz CT molecular complexity index is 500. The third kappa shape index (κ3) is 1.50. The van der Waals surface area contributed by atoms with Gasteiger partial charge in [-0.05, 0) is 19.4 Å². The smallest absolute Gasteiger partial charge is 0.212 e. The lowest BCUT2D eigenvalue weighted by Crippen LogP contribution is -1.90. The van der Waals surface area contributed by atoms with E-state index in [1.165, 1.54) is 10.2 Å². The Labute approximate surface area is 89.0 Å². The molecule has 78 valence electrons. The molecule has 0 radical (unpaired) electrons. The zero-order chi connectivity index (χ0) is 11.0. The summed E-state index contributed by atoms with van der Waals surface area (Å²) in [6.45, 7) is 3.92. The first-order chi connectivity index (χ1) is 7.11. The van der Waals surface area contributed by atoms with Gasteiger partial charge >= 0.3 is 0 Å². The number of rotatable bonds is 1. The molecule has 1 heterocycles. The lowest BCUT2D eigenvalue weighted by molar-refractivity contribution is 0.416. The molecule has 0 aliphatic carbocycles. The maximum absolute atomic E-state index is 9.68. The van der Waals surface area contributed by atoms with Crippen molar-refractivity contribution < 1.29 is 5.11 Å². The van der Waals surface area contributed by atoms with Crippen molar-refractivity contribution in [1.29, 1.82) is 0 Å². The molecule has 0 saturated carbocycles. The van der Waals surface area contributed by atoms with E-state index < -0.39 is 0 Å². The van der Waals surface area contributed by atoms with Gasteiger partial charge in [0.1, 0.15) is 0 Å². The van der Waals surface area contributed by atoms with Gasteiger partial charge in [-0.25, -0.2) is 4.68 Å². The normalized spacial score (nSPS) is 10.6. The summed E-state index contributed by atoms with van der Waals surface area (Å²) in [5.74, 6) is 0.230. The first-order valence-corrected chi connectivity index (χ1v) is 4.90. The Balaban J connectivity index is 2.65. The van der Waals surface area contributed by atoms with E-state index in [4.69, 9.17) is 0 Å². The zero-order valence-electron chi connectivity index (χ0n) is 9.15. The number of nitrogens with zero attached hydrogens (tertiary/aromatic N) is 2. The van der Waals surface area contributed by atoms with E-state index in [1.807, 2.05) is 38.1 Å². The zero-order valence-corrected chi connectivity index (χ0v) is 9.15. The summed E-state index contributed by atoms with van der Waals surface area (Å²) in [5.41, 5.74) is 3.92. The Morgan fingerprint density at radius 1 is 1.20 bits per heavy atom.